The fraction of sp³-hybridized carbons (Fsp3) is 0.462. The third-order valence-corrected chi connectivity index (χ3v) is 3.82. The van der Waals surface area contributed by atoms with Crippen LogP contribution in [0.4, 0.5) is 0 Å². The number of aromatic nitrogens is 5. The minimum absolute atomic E-state index is 0.141. The summed E-state index contributed by atoms with van der Waals surface area (Å²) in [5, 5.41) is 17.7. The molecule has 0 aromatic carbocycles. The normalized spacial score (nSPS) is 11.1. The molecule has 0 aliphatic carbocycles. The third-order valence-electron chi connectivity index (χ3n) is 2.81. The average Bonchev–Trinajstić information content (AvgIpc) is 2.80. The fourth-order valence-electron chi connectivity index (χ4n) is 1.78. The molecule has 0 bridgehead atoms. The Morgan fingerprint density at radius 2 is 2.14 bits per heavy atom. The van der Waals surface area contributed by atoms with Crippen molar-refractivity contribution in [2.75, 3.05) is 0 Å². The lowest BCUT2D eigenvalue weighted by Gasteiger charge is -2.11. The largest absolute Gasteiger partial charge is 0.478 e. The second kappa shape index (κ2) is 6.21. The molecule has 2 aromatic heterocycles. The predicted molar refractivity (Wildman–Crippen MR) is 78.4 cm³/mol. The van der Waals surface area contributed by atoms with Crippen molar-refractivity contribution < 1.29 is 9.90 Å². The zero-order valence-corrected chi connectivity index (χ0v) is 13.2. The van der Waals surface area contributed by atoms with Crippen molar-refractivity contribution in [1.29, 1.82) is 0 Å². The molecule has 112 valence electrons. The number of aryl methyl sites for hydroxylation is 2. The SMILES string of the molecule is Cc1nc(C(C)C)nc(SCc2cn(C)nn2)c1C(=O)O. The summed E-state index contributed by atoms with van der Waals surface area (Å²) in [5.41, 5.74) is 1.43. The maximum atomic E-state index is 11.4. The Bertz CT molecular complexity index is 669. The van der Waals surface area contributed by atoms with Crippen molar-refractivity contribution in [2.24, 2.45) is 7.05 Å². The molecule has 2 rings (SSSR count). The lowest BCUT2D eigenvalue weighted by atomic mass is 10.2. The molecule has 2 aromatic rings. The van der Waals surface area contributed by atoms with E-state index in [0.717, 1.165) is 5.69 Å². The molecule has 2 heterocycles. The molecule has 7 nitrogen and oxygen atoms in total. The van der Waals surface area contributed by atoms with E-state index >= 15 is 0 Å². The van der Waals surface area contributed by atoms with Crippen LogP contribution in [0.25, 0.3) is 0 Å². The molecule has 0 spiro atoms. The van der Waals surface area contributed by atoms with Crippen molar-refractivity contribution in [3.05, 3.63) is 29.0 Å². The van der Waals surface area contributed by atoms with Gasteiger partial charge >= 0.3 is 5.97 Å². The van der Waals surface area contributed by atoms with E-state index in [1.54, 1.807) is 24.9 Å². The van der Waals surface area contributed by atoms with Crippen LogP contribution in [0.2, 0.25) is 0 Å². The summed E-state index contributed by atoms with van der Waals surface area (Å²) < 4.78 is 1.61. The van der Waals surface area contributed by atoms with E-state index < -0.39 is 5.97 Å². The van der Waals surface area contributed by atoms with Gasteiger partial charge in [-0.25, -0.2) is 14.8 Å². The van der Waals surface area contributed by atoms with Gasteiger partial charge in [-0.15, -0.1) is 5.10 Å². The van der Waals surface area contributed by atoms with Gasteiger partial charge in [0, 0.05) is 24.9 Å². The summed E-state index contributed by atoms with van der Waals surface area (Å²) in [6.45, 7) is 5.65. The van der Waals surface area contributed by atoms with Crippen molar-refractivity contribution in [3.63, 3.8) is 0 Å². The molecule has 0 amide bonds. The number of rotatable bonds is 5. The maximum absolute atomic E-state index is 11.4. The zero-order valence-electron chi connectivity index (χ0n) is 12.4. The van der Waals surface area contributed by atoms with Crippen LogP contribution in [0.1, 0.15) is 47.3 Å². The zero-order chi connectivity index (χ0) is 15.6. The molecule has 0 saturated heterocycles. The van der Waals surface area contributed by atoms with Gasteiger partial charge in [0.05, 0.1) is 11.4 Å². The molecule has 0 radical (unpaired) electrons. The Labute approximate surface area is 126 Å². The highest BCUT2D eigenvalue weighted by Crippen LogP contribution is 2.27. The van der Waals surface area contributed by atoms with E-state index in [9.17, 15) is 9.90 Å². The molecule has 8 heteroatoms. The molecule has 0 unspecified atom stereocenters. The molecule has 21 heavy (non-hydrogen) atoms. The van der Waals surface area contributed by atoms with Crippen LogP contribution in [-0.4, -0.2) is 36.0 Å². The lowest BCUT2D eigenvalue weighted by molar-refractivity contribution is 0.0690. The standard InChI is InChI=1S/C13H17N5O2S/c1-7(2)11-14-8(3)10(13(19)20)12(15-11)21-6-9-5-18(4)17-16-9/h5,7H,6H2,1-4H3,(H,19,20). The first kappa shape index (κ1) is 15.4. The van der Waals surface area contributed by atoms with Gasteiger partial charge in [-0.1, -0.05) is 30.8 Å². The van der Waals surface area contributed by atoms with E-state index in [-0.39, 0.29) is 11.5 Å². The summed E-state index contributed by atoms with van der Waals surface area (Å²) in [6, 6.07) is 0. The first-order chi connectivity index (χ1) is 9.88. The number of thioether (sulfide) groups is 1. The van der Waals surface area contributed by atoms with Gasteiger partial charge in [0.1, 0.15) is 16.4 Å². The smallest absolute Gasteiger partial charge is 0.340 e. The van der Waals surface area contributed by atoms with E-state index in [0.29, 0.717) is 22.3 Å². The van der Waals surface area contributed by atoms with Gasteiger partial charge in [-0.3, -0.25) is 4.68 Å². The highest BCUT2D eigenvalue weighted by atomic mass is 32.2. The maximum Gasteiger partial charge on any atom is 0.340 e. The van der Waals surface area contributed by atoms with Gasteiger partial charge in [0.2, 0.25) is 0 Å². The molecule has 1 N–H and O–H groups in total. The van der Waals surface area contributed by atoms with Gasteiger partial charge in [0.15, 0.2) is 0 Å². The van der Waals surface area contributed by atoms with Crippen molar-refractivity contribution in [3.8, 4) is 0 Å². The highest BCUT2D eigenvalue weighted by molar-refractivity contribution is 7.98. The number of hydrogen-bond acceptors (Lipinski definition) is 6. The number of aromatic carboxylic acids is 1. The van der Waals surface area contributed by atoms with Gasteiger partial charge < -0.3 is 5.11 Å². The van der Waals surface area contributed by atoms with Crippen LogP contribution in [0.5, 0.6) is 0 Å². The third kappa shape index (κ3) is 3.57. The van der Waals surface area contributed by atoms with Crippen LogP contribution >= 0.6 is 11.8 Å². The summed E-state index contributed by atoms with van der Waals surface area (Å²) in [7, 11) is 1.79. The first-order valence-corrected chi connectivity index (χ1v) is 7.47. The number of carbonyl (C=O) groups is 1. The molecule has 0 atom stereocenters. The average molecular weight is 307 g/mol. The van der Waals surface area contributed by atoms with Crippen LogP contribution < -0.4 is 0 Å². The molecular formula is C13H17N5O2S. The minimum Gasteiger partial charge on any atom is -0.478 e. The number of nitrogens with zero attached hydrogens (tertiary/aromatic N) is 5. The number of carboxylic acid groups (broad SMARTS) is 1. The Hall–Kier alpha value is -1.96. The van der Waals surface area contributed by atoms with Crippen LogP contribution in [0.15, 0.2) is 11.2 Å². The van der Waals surface area contributed by atoms with Crippen molar-refractivity contribution in [1.82, 2.24) is 25.0 Å². The quantitative estimate of drug-likeness (QED) is 0.667. The second-order valence-electron chi connectivity index (χ2n) is 4.98. The van der Waals surface area contributed by atoms with E-state index in [1.165, 1.54) is 11.8 Å². The summed E-state index contributed by atoms with van der Waals surface area (Å²) >= 11 is 1.34. The second-order valence-corrected chi connectivity index (χ2v) is 5.94. The highest BCUT2D eigenvalue weighted by Gasteiger charge is 2.19. The van der Waals surface area contributed by atoms with Gasteiger partial charge in [0.25, 0.3) is 0 Å². The van der Waals surface area contributed by atoms with Crippen LogP contribution in [0, 0.1) is 6.92 Å². The molecule has 0 aliphatic rings. The number of carboxylic acids is 1. The molecular weight excluding hydrogens is 290 g/mol. The van der Waals surface area contributed by atoms with E-state index in [4.69, 9.17) is 0 Å². The van der Waals surface area contributed by atoms with Crippen molar-refractivity contribution in [2.45, 2.75) is 37.5 Å². The Morgan fingerprint density at radius 3 is 2.67 bits per heavy atom. The summed E-state index contributed by atoms with van der Waals surface area (Å²) in [6.07, 6.45) is 1.80. The Kier molecular flexibility index (Phi) is 4.56. The minimum atomic E-state index is -1.01. The molecule has 0 fully saturated rings. The Balaban J connectivity index is 2.32. The number of hydrogen-bond donors (Lipinski definition) is 1. The molecule has 0 saturated carbocycles. The summed E-state index contributed by atoms with van der Waals surface area (Å²) in [4.78, 5) is 20.1. The van der Waals surface area contributed by atoms with E-state index in [2.05, 4.69) is 20.3 Å². The van der Waals surface area contributed by atoms with Crippen LogP contribution in [-0.2, 0) is 12.8 Å². The predicted octanol–water partition coefficient (Wildman–Crippen LogP) is 2.03. The van der Waals surface area contributed by atoms with Gasteiger partial charge in [-0.05, 0) is 6.92 Å². The topological polar surface area (TPSA) is 93.8 Å². The summed E-state index contributed by atoms with van der Waals surface area (Å²) in [5.74, 6) is 0.299. The monoisotopic (exact) mass is 307 g/mol. The van der Waals surface area contributed by atoms with E-state index in [1.807, 2.05) is 13.8 Å². The van der Waals surface area contributed by atoms with Gasteiger partial charge in [-0.2, -0.15) is 0 Å². The lowest BCUT2D eigenvalue weighted by Crippen LogP contribution is -2.10. The van der Waals surface area contributed by atoms with Crippen molar-refractivity contribution >= 4 is 17.7 Å². The molecule has 0 aliphatic heterocycles. The fourth-order valence-corrected chi connectivity index (χ4v) is 2.73. The first-order valence-electron chi connectivity index (χ1n) is 6.48. The van der Waals surface area contributed by atoms with Crippen LogP contribution in [0.3, 0.4) is 0 Å². The Morgan fingerprint density at radius 1 is 1.43 bits per heavy atom.